The van der Waals surface area contributed by atoms with Crippen LogP contribution in [0.5, 0.6) is 0 Å². The van der Waals surface area contributed by atoms with Crippen LogP contribution in [-0.2, 0) is 9.57 Å². The molecule has 2 aliphatic heterocycles. The van der Waals surface area contributed by atoms with Gasteiger partial charge in [0, 0.05) is 19.1 Å². The summed E-state index contributed by atoms with van der Waals surface area (Å²) in [5.41, 5.74) is 0. The lowest BCUT2D eigenvalue weighted by molar-refractivity contribution is -0.250. The SMILES string of the molecule is C1CCC(N2CC3CCCCC3O2)OC1. The summed E-state index contributed by atoms with van der Waals surface area (Å²) in [5, 5.41) is 2.14. The van der Waals surface area contributed by atoms with Crippen molar-refractivity contribution in [3.63, 3.8) is 0 Å². The van der Waals surface area contributed by atoms with Gasteiger partial charge >= 0.3 is 0 Å². The number of hydrogen-bond acceptors (Lipinski definition) is 3. The highest BCUT2D eigenvalue weighted by Gasteiger charge is 2.39. The van der Waals surface area contributed by atoms with Gasteiger partial charge in [0.15, 0.2) is 0 Å². The van der Waals surface area contributed by atoms with E-state index >= 15 is 0 Å². The van der Waals surface area contributed by atoms with E-state index in [9.17, 15) is 0 Å². The summed E-state index contributed by atoms with van der Waals surface area (Å²) in [6, 6.07) is 0. The average molecular weight is 211 g/mol. The Morgan fingerprint density at radius 3 is 2.60 bits per heavy atom. The summed E-state index contributed by atoms with van der Waals surface area (Å²) in [6.45, 7) is 2.02. The molecule has 0 aromatic carbocycles. The molecule has 0 aromatic heterocycles. The Bertz CT molecular complexity index is 202. The van der Waals surface area contributed by atoms with Gasteiger partial charge in [-0.15, -0.1) is 0 Å². The van der Waals surface area contributed by atoms with E-state index in [0.29, 0.717) is 6.10 Å². The van der Waals surface area contributed by atoms with Crippen LogP contribution >= 0.6 is 0 Å². The van der Waals surface area contributed by atoms with Crippen LogP contribution in [0.25, 0.3) is 0 Å². The van der Waals surface area contributed by atoms with E-state index in [-0.39, 0.29) is 6.23 Å². The highest BCUT2D eigenvalue weighted by Crippen LogP contribution is 2.35. The van der Waals surface area contributed by atoms with Gasteiger partial charge in [-0.05, 0) is 32.1 Å². The molecule has 0 spiro atoms. The molecule has 0 aromatic rings. The Kier molecular flexibility index (Phi) is 2.95. The first-order chi connectivity index (χ1) is 7.43. The Labute approximate surface area is 91.7 Å². The molecule has 1 saturated carbocycles. The minimum atomic E-state index is 0.254. The van der Waals surface area contributed by atoms with Crippen molar-refractivity contribution in [2.75, 3.05) is 13.2 Å². The molecule has 3 rings (SSSR count). The molecule has 2 saturated heterocycles. The summed E-state index contributed by atoms with van der Waals surface area (Å²) in [4.78, 5) is 6.01. The first kappa shape index (κ1) is 10.1. The summed E-state index contributed by atoms with van der Waals surface area (Å²) in [5.74, 6) is 0.782. The number of rotatable bonds is 1. The smallest absolute Gasteiger partial charge is 0.133 e. The lowest BCUT2D eigenvalue weighted by atomic mass is 9.87. The molecular weight excluding hydrogens is 190 g/mol. The molecule has 0 bridgehead atoms. The van der Waals surface area contributed by atoms with Gasteiger partial charge in [-0.3, -0.25) is 4.84 Å². The third-order valence-corrected chi connectivity index (χ3v) is 4.00. The van der Waals surface area contributed by atoms with Crippen LogP contribution in [0.1, 0.15) is 44.9 Å². The van der Waals surface area contributed by atoms with Crippen molar-refractivity contribution in [3.05, 3.63) is 0 Å². The summed E-state index contributed by atoms with van der Waals surface area (Å²) < 4.78 is 5.77. The zero-order chi connectivity index (χ0) is 10.1. The minimum absolute atomic E-state index is 0.254. The number of hydroxylamine groups is 2. The van der Waals surface area contributed by atoms with Crippen molar-refractivity contribution in [2.24, 2.45) is 5.92 Å². The molecule has 0 amide bonds. The van der Waals surface area contributed by atoms with Gasteiger partial charge in [-0.1, -0.05) is 12.8 Å². The lowest BCUT2D eigenvalue weighted by Gasteiger charge is -2.29. The normalized spacial score (nSPS) is 42.8. The third-order valence-electron chi connectivity index (χ3n) is 4.00. The molecular formula is C12H21NO2. The molecule has 3 aliphatic rings. The third kappa shape index (κ3) is 2.05. The summed E-state index contributed by atoms with van der Waals surface area (Å²) in [6.07, 6.45) is 9.77. The number of ether oxygens (including phenoxy) is 1. The highest BCUT2D eigenvalue weighted by molar-refractivity contribution is 4.82. The van der Waals surface area contributed by atoms with E-state index in [4.69, 9.17) is 9.57 Å². The maximum Gasteiger partial charge on any atom is 0.133 e. The van der Waals surface area contributed by atoms with Gasteiger partial charge in [0.2, 0.25) is 0 Å². The molecule has 2 heterocycles. The van der Waals surface area contributed by atoms with Gasteiger partial charge in [0.05, 0.1) is 6.10 Å². The van der Waals surface area contributed by atoms with Crippen LogP contribution in [-0.4, -0.2) is 30.5 Å². The van der Waals surface area contributed by atoms with Crippen molar-refractivity contribution in [1.82, 2.24) is 5.06 Å². The largest absolute Gasteiger partial charge is 0.361 e. The molecule has 3 heteroatoms. The summed E-state index contributed by atoms with van der Waals surface area (Å²) >= 11 is 0. The van der Waals surface area contributed by atoms with Gasteiger partial charge in [-0.2, -0.15) is 5.06 Å². The molecule has 15 heavy (non-hydrogen) atoms. The maximum absolute atomic E-state index is 6.01. The van der Waals surface area contributed by atoms with Gasteiger partial charge in [0.1, 0.15) is 6.23 Å². The molecule has 3 atom stereocenters. The van der Waals surface area contributed by atoms with Crippen molar-refractivity contribution in [1.29, 1.82) is 0 Å². The Balaban J connectivity index is 1.59. The fourth-order valence-corrected chi connectivity index (χ4v) is 3.11. The first-order valence-corrected chi connectivity index (χ1v) is 6.48. The van der Waals surface area contributed by atoms with Crippen molar-refractivity contribution < 1.29 is 9.57 Å². The Morgan fingerprint density at radius 1 is 0.933 bits per heavy atom. The van der Waals surface area contributed by atoms with Crippen molar-refractivity contribution in [3.8, 4) is 0 Å². The molecule has 86 valence electrons. The van der Waals surface area contributed by atoms with Crippen molar-refractivity contribution >= 4 is 0 Å². The van der Waals surface area contributed by atoms with E-state index in [1.165, 1.54) is 38.5 Å². The van der Waals surface area contributed by atoms with Gasteiger partial charge in [-0.25, -0.2) is 0 Å². The number of fused-ring (bicyclic) bond motifs is 1. The zero-order valence-electron chi connectivity index (χ0n) is 9.36. The standard InChI is InChI=1S/C12H21NO2/c1-2-6-11-10(5-1)9-13(15-11)12-7-3-4-8-14-12/h10-12H,1-9H2. The summed E-state index contributed by atoms with van der Waals surface area (Å²) in [7, 11) is 0. The molecule has 3 nitrogen and oxygen atoms in total. The fraction of sp³-hybridized carbons (Fsp3) is 1.00. The molecule has 3 unspecified atom stereocenters. The molecule has 3 fully saturated rings. The lowest BCUT2D eigenvalue weighted by Crippen LogP contribution is -2.37. The second kappa shape index (κ2) is 4.40. The van der Waals surface area contributed by atoms with Crippen LogP contribution in [0.15, 0.2) is 0 Å². The van der Waals surface area contributed by atoms with E-state index in [1.54, 1.807) is 0 Å². The number of nitrogens with zero attached hydrogens (tertiary/aromatic N) is 1. The van der Waals surface area contributed by atoms with Crippen molar-refractivity contribution in [2.45, 2.75) is 57.3 Å². The zero-order valence-corrected chi connectivity index (χ0v) is 9.36. The van der Waals surface area contributed by atoms with Crippen LogP contribution in [0.2, 0.25) is 0 Å². The average Bonchev–Trinajstić information content (AvgIpc) is 2.74. The van der Waals surface area contributed by atoms with Crippen LogP contribution in [0.4, 0.5) is 0 Å². The quantitative estimate of drug-likeness (QED) is 0.664. The maximum atomic E-state index is 6.01. The highest BCUT2D eigenvalue weighted by atomic mass is 16.7. The minimum Gasteiger partial charge on any atom is -0.361 e. The molecule has 0 N–H and O–H groups in total. The van der Waals surface area contributed by atoms with Crippen LogP contribution in [0, 0.1) is 5.92 Å². The first-order valence-electron chi connectivity index (χ1n) is 6.48. The van der Waals surface area contributed by atoms with E-state index in [2.05, 4.69) is 5.06 Å². The predicted octanol–water partition coefficient (Wildman–Crippen LogP) is 2.32. The van der Waals surface area contributed by atoms with E-state index in [1.807, 2.05) is 0 Å². The second-order valence-electron chi connectivity index (χ2n) is 5.11. The Morgan fingerprint density at radius 2 is 1.80 bits per heavy atom. The predicted molar refractivity (Wildman–Crippen MR) is 57.1 cm³/mol. The number of hydrogen-bond donors (Lipinski definition) is 0. The molecule has 1 aliphatic carbocycles. The Hall–Kier alpha value is -0.120. The van der Waals surface area contributed by atoms with E-state index < -0.39 is 0 Å². The van der Waals surface area contributed by atoms with Gasteiger partial charge in [0.25, 0.3) is 0 Å². The van der Waals surface area contributed by atoms with Gasteiger partial charge < -0.3 is 4.74 Å². The van der Waals surface area contributed by atoms with E-state index in [0.717, 1.165) is 25.5 Å². The second-order valence-corrected chi connectivity index (χ2v) is 5.11. The monoisotopic (exact) mass is 211 g/mol. The molecule has 0 radical (unpaired) electrons. The topological polar surface area (TPSA) is 21.7 Å². The van der Waals surface area contributed by atoms with Crippen LogP contribution in [0.3, 0.4) is 0 Å². The van der Waals surface area contributed by atoms with Crippen LogP contribution < -0.4 is 0 Å². The fourth-order valence-electron chi connectivity index (χ4n) is 3.11.